The van der Waals surface area contributed by atoms with Crippen molar-refractivity contribution in [2.24, 2.45) is 11.0 Å². The standard InChI is InChI=1S/C22H20BrCl2FN6O4/c23-12-7-14(24)19(34)16(8-12)29-21(35)13-2-1-11(18(33)17(13)25)9-28-31-22-27-10-15(26)20(30-22)32-3-5-36-6-4-32/h2,7-11,33-34H,1,3-6H2,(H,29,35)(H,27,30,31)/b28-9-. The maximum atomic E-state index is 14.2. The van der Waals surface area contributed by atoms with Gasteiger partial charge in [0, 0.05) is 23.8 Å². The average Bonchev–Trinajstić information content (AvgIpc) is 2.86. The van der Waals surface area contributed by atoms with Gasteiger partial charge in [-0.25, -0.2) is 14.8 Å². The van der Waals surface area contributed by atoms with Crippen LogP contribution in [0.5, 0.6) is 5.75 Å². The summed E-state index contributed by atoms with van der Waals surface area (Å²) in [7, 11) is 0. The normalized spacial score (nSPS) is 18.4. The second kappa shape index (κ2) is 11.4. The first kappa shape index (κ1) is 26.1. The van der Waals surface area contributed by atoms with Crippen molar-refractivity contribution in [2.75, 3.05) is 41.9 Å². The highest BCUT2D eigenvalue weighted by Crippen LogP contribution is 2.37. The maximum Gasteiger partial charge on any atom is 0.257 e. The Morgan fingerprint density at radius 1 is 1.31 bits per heavy atom. The highest BCUT2D eigenvalue weighted by Gasteiger charge is 2.27. The van der Waals surface area contributed by atoms with Gasteiger partial charge in [0.1, 0.15) is 5.76 Å². The van der Waals surface area contributed by atoms with Crippen molar-refractivity contribution in [3.05, 3.63) is 56.1 Å². The van der Waals surface area contributed by atoms with E-state index in [0.29, 0.717) is 30.8 Å². The predicted molar refractivity (Wildman–Crippen MR) is 138 cm³/mol. The molecule has 1 atom stereocenters. The van der Waals surface area contributed by atoms with E-state index in [1.807, 2.05) is 0 Å². The number of amides is 1. The third kappa shape index (κ3) is 5.89. The number of carbonyl (C=O) groups is 1. The van der Waals surface area contributed by atoms with E-state index in [-0.39, 0.29) is 51.0 Å². The molecule has 4 rings (SSSR count). The second-order valence-corrected chi connectivity index (χ2v) is 9.45. The Balaban J connectivity index is 1.41. The van der Waals surface area contributed by atoms with Crippen molar-refractivity contribution in [1.82, 2.24) is 9.97 Å². The lowest BCUT2D eigenvalue weighted by Crippen LogP contribution is -2.37. The van der Waals surface area contributed by atoms with Gasteiger partial charge >= 0.3 is 0 Å². The first-order valence-electron chi connectivity index (χ1n) is 10.7. The summed E-state index contributed by atoms with van der Waals surface area (Å²) in [6.45, 7) is 1.96. The Kier molecular flexibility index (Phi) is 8.29. The molecular formula is C22H20BrCl2FN6O4. The fraction of sp³-hybridized carbons (Fsp3) is 0.273. The van der Waals surface area contributed by atoms with Gasteiger partial charge in [-0.05, 0) is 18.6 Å². The van der Waals surface area contributed by atoms with Crippen molar-refractivity contribution in [3.8, 4) is 5.75 Å². The van der Waals surface area contributed by atoms with Crippen LogP contribution in [-0.4, -0.2) is 58.6 Å². The number of hydrogen-bond donors (Lipinski definition) is 4. The summed E-state index contributed by atoms with van der Waals surface area (Å²) < 4.78 is 20.0. The Hall–Kier alpha value is -2.93. The molecule has 0 spiro atoms. The lowest BCUT2D eigenvalue weighted by Gasteiger charge is -2.27. The van der Waals surface area contributed by atoms with E-state index in [0.717, 1.165) is 6.20 Å². The number of nitrogens with zero attached hydrogens (tertiary/aromatic N) is 4. The molecule has 36 heavy (non-hydrogen) atoms. The molecule has 1 aliphatic heterocycles. The molecule has 1 unspecified atom stereocenters. The summed E-state index contributed by atoms with van der Waals surface area (Å²) in [4.78, 5) is 22.5. The van der Waals surface area contributed by atoms with E-state index < -0.39 is 17.6 Å². The number of hydrogen-bond acceptors (Lipinski definition) is 9. The van der Waals surface area contributed by atoms with Gasteiger partial charge in [0.15, 0.2) is 17.4 Å². The van der Waals surface area contributed by atoms with Crippen LogP contribution in [0.4, 0.5) is 21.8 Å². The Morgan fingerprint density at radius 2 is 2.06 bits per heavy atom. The van der Waals surface area contributed by atoms with Crippen molar-refractivity contribution in [3.63, 3.8) is 0 Å². The molecule has 0 radical (unpaired) electrons. The smallest absolute Gasteiger partial charge is 0.257 e. The highest BCUT2D eigenvalue weighted by molar-refractivity contribution is 9.10. The molecule has 2 aliphatic rings. The monoisotopic (exact) mass is 600 g/mol. The number of benzene rings is 1. The first-order chi connectivity index (χ1) is 17.2. The van der Waals surface area contributed by atoms with Crippen LogP contribution in [0.3, 0.4) is 0 Å². The number of aromatic hydroxyl groups is 1. The largest absolute Gasteiger partial charge is 0.510 e. The van der Waals surface area contributed by atoms with Gasteiger partial charge in [0.05, 0.1) is 46.6 Å². The molecule has 14 heteroatoms. The lowest BCUT2D eigenvalue weighted by atomic mass is 9.95. The number of nitrogens with one attached hydrogen (secondary N) is 2. The minimum atomic E-state index is -0.639. The number of anilines is 3. The number of hydrazone groups is 1. The molecule has 2 heterocycles. The number of carbonyl (C=O) groups excluding carboxylic acids is 1. The van der Waals surface area contributed by atoms with Gasteiger partial charge in [-0.1, -0.05) is 45.2 Å². The molecule has 1 aromatic heterocycles. The molecule has 1 amide bonds. The molecule has 190 valence electrons. The second-order valence-electron chi connectivity index (χ2n) is 7.75. The fourth-order valence-electron chi connectivity index (χ4n) is 3.52. The predicted octanol–water partition coefficient (Wildman–Crippen LogP) is 4.56. The zero-order valence-electron chi connectivity index (χ0n) is 18.5. The number of aliphatic hydroxyl groups excluding tert-OH is 1. The number of phenolic OH excluding ortho intramolecular Hbond substituents is 1. The first-order valence-corrected chi connectivity index (χ1v) is 12.2. The average molecular weight is 602 g/mol. The molecule has 4 N–H and O–H groups in total. The van der Waals surface area contributed by atoms with E-state index in [4.69, 9.17) is 27.9 Å². The molecule has 1 aromatic carbocycles. The van der Waals surface area contributed by atoms with Gasteiger partial charge in [-0.15, -0.1) is 0 Å². The van der Waals surface area contributed by atoms with Crippen LogP contribution in [0.25, 0.3) is 0 Å². The minimum absolute atomic E-state index is 0.0271. The lowest BCUT2D eigenvalue weighted by molar-refractivity contribution is -0.112. The zero-order chi connectivity index (χ0) is 25.8. The van der Waals surface area contributed by atoms with Crippen LogP contribution in [0, 0.1) is 11.7 Å². The Morgan fingerprint density at radius 3 is 2.81 bits per heavy atom. The third-order valence-electron chi connectivity index (χ3n) is 5.36. The van der Waals surface area contributed by atoms with Crippen LogP contribution in [0.15, 0.2) is 50.3 Å². The number of phenols is 1. The van der Waals surface area contributed by atoms with E-state index >= 15 is 0 Å². The number of aromatic nitrogens is 2. The molecule has 1 fully saturated rings. The molecule has 2 aromatic rings. The van der Waals surface area contributed by atoms with Gasteiger partial charge in [-0.3, -0.25) is 4.79 Å². The summed E-state index contributed by atoms with van der Waals surface area (Å²) in [5.41, 5.74) is 2.72. The molecule has 1 saturated heterocycles. The summed E-state index contributed by atoms with van der Waals surface area (Å²) >= 11 is 15.4. The zero-order valence-corrected chi connectivity index (χ0v) is 21.6. The van der Waals surface area contributed by atoms with Crippen LogP contribution < -0.4 is 15.6 Å². The van der Waals surface area contributed by atoms with Gasteiger partial charge < -0.3 is 25.2 Å². The molecular weight excluding hydrogens is 582 g/mol. The third-order valence-corrected chi connectivity index (χ3v) is 6.51. The summed E-state index contributed by atoms with van der Waals surface area (Å²) in [5.74, 6) is -2.17. The summed E-state index contributed by atoms with van der Waals surface area (Å²) in [5, 5.41) is 27.1. The molecule has 10 nitrogen and oxygen atoms in total. The topological polar surface area (TPSA) is 132 Å². The van der Waals surface area contributed by atoms with Gasteiger partial charge in [0.25, 0.3) is 5.91 Å². The number of ether oxygens (including phenoxy) is 1. The van der Waals surface area contributed by atoms with E-state index in [2.05, 4.69) is 41.7 Å². The number of rotatable bonds is 6. The van der Waals surface area contributed by atoms with Crippen molar-refractivity contribution in [1.29, 1.82) is 0 Å². The Bertz CT molecular complexity index is 1270. The van der Waals surface area contributed by atoms with E-state index in [1.165, 1.54) is 24.4 Å². The van der Waals surface area contributed by atoms with Crippen LogP contribution in [0.2, 0.25) is 5.02 Å². The highest BCUT2D eigenvalue weighted by atomic mass is 79.9. The van der Waals surface area contributed by atoms with Gasteiger partial charge in [0.2, 0.25) is 5.95 Å². The van der Waals surface area contributed by atoms with Crippen LogP contribution in [0.1, 0.15) is 6.42 Å². The maximum absolute atomic E-state index is 14.2. The van der Waals surface area contributed by atoms with Crippen molar-refractivity contribution in [2.45, 2.75) is 6.42 Å². The number of morpholine rings is 1. The quantitative estimate of drug-likeness (QED) is 0.215. The summed E-state index contributed by atoms with van der Waals surface area (Å²) in [6, 6.07) is 2.95. The number of allylic oxidation sites excluding steroid dienone is 2. The van der Waals surface area contributed by atoms with Crippen LogP contribution in [-0.2, 0) is 9.53 Å². The van der Waals surface area contributed by atoms with Gasteiger partial charge in [-0.2, -0.15) is 10.1 Å². The molecule has 0 saturated carbocycles. The SMILES string of the molecule is O=C(Nc1cc(Br)cc(Cl)c1O)C1=CCC(/C=N\Nc2ncc(F)c(N3CCOCC3)n2)C(O)=C1Cl. The number of halogens is 4. The van der Waals surface area contributed by atoms with Crippen LogP contribution >= 0.6 is 39.1 Å². The van der Waals surface area contributed by atoms with E-state index in [9.17, 15) is 19.4 Å². The molecule has 1 aliphatic carbocycles. The summed E-state index contributed by atoms with van der Waals surface area (Å²) in [6.07, 6.45) is 4.18. The van der Waals surface area contributed by atoms with Crippen molar-refractivity contribution >= 4 is 68.7 Å². The minimum Gasteiger partial charge on any atom is -0.510 e. The van der Waals surface area contributed by atoms with Crippen molar-refractivity contribution < 1.29 is 24.1 Å². The number of aliphatic hydroxyl groups is 1. The fourth-order valence-corrected chi connectivity index (χ4v) is 4.63. The van der Waals surface area contributed by atoms with E-state index in [1.54, 1.807) is 4.90 Å². The molecule has 0 bridgehead atoms. The Labute approximate surface area is 223 Å².